The van der Waals surface area contributed by atoms with Crippen LogP contribution in [0.5, 0.6) is 5.75 Å². The number of furan rings is 1. The predicted octanol–water partition coefficient (Wildman–Crippen LogP) is 4.76. The van der Waals surface area contributed by atoms with Crippen LogP contribution in [0.15, 0.2) is 70.2 Å². The minimum Gasteiger partial charge on any atom is -0.495 e. The van der Waals surface area contributed by atoms with Crippen LogP contribution >= 0.6 is 11.6 Å². The summed E-state index contributed by atoms with van der Waals surface area (Å²) in [5, 5.41) is 7.01. The molecule has 1 aromatic heterocycles. The Kier molecular flexibility index (Phi) is 5.56. The molecule has 0 bridgehead atoms. The van der Waals surface area contributed by atoms with E-state index >= 15 is 0 Å². The normalized spacial score (nSPS) is 10.7. The summed E-state index contributed by atoms with van der Waals surface area (Å²) < 4.78 is 10.8. The number of nitrogens with one attached hydrogen (secondary N) is 2. The van der Waals surface area contributed by atoms with E-state index in [2.05, 4.69) is 15.8 Å². The fraction of sp³-hybridized carbons (Fsp3) is 0.0526. The number of benzene rings is 2. The number of rotatable bonds is 5. The van der Waals surface area contributed by atoms with Crippen molar-refractivity contribution in [2.24, 2.45) is 5.10 Å². The Hall–Kier alpha value is -3.25. The molecule has 6 nitrogen and oxygen atoms in total. The zero-order chi connectivity index (χ0) is 18.4. The van der Waals surface area contributed by atoms with Gasteiger partial charge in [-0.1, -0.05) is 29.8 Å². The second-order valence-corrected chi connectivity index (χ2v) is 5.65. The molecule has 0 saturated carbocycles. The molecular formula is C19H16ClN3O3. The van der Waals surface area contributed by atoms with E-state index in [-0.39, 0.29) is 0 Å². The Morgan fingerprint density at radius 2 is 1.96 bits per heavy atom. The van der Waals surface area contributed by atoms with Crippen LogP contribution in [0.1, 0.15) is 5.76 Å². The Bertz CT molecular complexity index is 923. The average molecular weight is 370 g/mol. The highest BCUT2D eigenvalue weighted by molar-refractivity contribution is 6.32. The summed E-state index contributed by atoms with van der Waals surface area (Å²) >= 11 is 6.12. The van der Waals surface area contributed by atoms with Crippen LogP contribution in [-0.4, -0.2) is 19.4 Å². The third kappa shape index (κ3) is 4.43. The largest absolute Gasteiger partial charge is 0.495 e. The van der Waals surface area contributed by atoms with Gasteiger partial charge in [-0.05, 0) is 42.5 Å². The second-order valence-electron chi connectivity index (χ2n) is 5.24. The van der Waals surface area contributed by atoms with E-state index in [0.717, 1.165) is 5.56 Å². The first-order valence-corrected chi connectivity index (χ1v) is 8.12. The Morgan fingerprint density at radius 1 is 1.15 bits per heavy atom. The van der Waals surface area contributed by atoms with E-state index in [1.807, 2.05) is 24.3 Å². The summed E-state index contributed by atoms with van der Waals surface area (Å²) in [6.07, 6.45) is 1.42. The van der Waals surface area contributed by atoms with Crippen molar-refractivity contribution in [3.05, 3.63) is 71.4 Å². The molecule has 0 saturated heterocycles. The van der Waals surface area contributed by atoms with E-state index in [1.165, 1.54) is 6.21 Å². The summed E-state index contributed by atoms with van der Waals surface area (Å²) in [6, 6.07) is 17.5. The van der Waals surface area contributed by atoms with Gasteiger partial charge in [0.1, 0.15) is 17.3 Å². The SMILES string of the molecule is COc1ccc(-c2ccc(/C=N/NC(=O)Nc3ccccc3)o2)cc1Cl. The van der Waals surface area contributed by atoms with Crippen molar-refractivity contribution >= 4 is 29.5 Å². The minimum atomic E-state index is -0.443. The van der Waals surface area contributed by atoms with Crippen molar-refractivity contribution in [3.63, 3.8) is 0 Å². The average Bonchev–Trinajstić information content (AvgIpc) is 3.11. The number of anilines is 1. The van der Waals surface area contributed by atoms with Gasteiger partial charge < -0.3 is 14.5 Å². The third-order valence-electron chi connectivity index (χ3n) is 3.45. The Morgan fingerprint density at radius 3 is 2.69 bits per heavy atom. The molecule has 2 amide bonds. The summed E-state index contributed by atoms with van der Waals surface area (Å²) in [7, 11) is 1.56. The smallest absolute Gasteiger partial charge is 0.339 e. The number of nitrogens with zero attached hydrogens (tertiary/aromatic N) is 1. The molecule has 0 spiro atoms. The standard InChI is InChI=1S/C19H16ClN3O3/c1-25-18-9-7-13(11-16(18)20)17-10-8-15(26-17)12-21-23-19(24)22-14-5-3-2-4-6-14/h2-12H,1H3,(H2,22,23,24)/b21-12+. The number of urea groups is 1. The molecule has 0 radical (unpaired) electrons. The zero-order valence-corrected chi connectivity index (χ0v) is 14.7. The third-order valence-corrected chi connectivity index (χ3v) is 3.75. The van der Waals surface area contributed by atoms with E-state index in [9.17, 15) is 4.79 Å². The summed E-state index contributed by atoms with van der Waals surface area (Å²) in [6.45, 7) is 0. The van der Waals surface area contributed by atoms with Crippen molar-refractivity contribution in [3.8, 4) is 17.1 Å². The van der Waals surface area contributed by atoms with Crippen LogP contribution in [-0.2, 0) is 0 Å². The maximum Gasteiger partial charge on any atom is 0.339 e. The number of halogens is 1. The minimum absolute atomic E-state index is 0.443. The molecule has 3 aromatic rings. The number of hydrogen-bond donors (Lipinski definition) is 2. The number of methoxy groups -OCH3 is 1. The van der Waals surface area contributed by atoms with Crippen LogP contribution in [0.25, 0.3) is 11.3 Å². The first kappa shape index (κ1) is 17.6. The van der Waals surface area contributed by atoms with Gasteiger partial charge in [0, 0.05) is 11.3 Å². The van der Waals surface area contributed by atoms with Crippen molar-refractivity contribution in [2.75, 3.05) is 12.4 Å². The van der Waals surface area contributed by atoms with Crippen molar-refractivity contribution < 1.29 is 13.9 Å². The van der Waals surface area contributed by atoms with E-state index in [1.54, 1.807) is 43.5 Å². The molecule has 0 aliphatic rings. The topological polar surface area (TPSA) is 75.9 Å². The number of amides is 2. The van der Waals surface area contributed by atoms with E-state index < -0.39 is 6.03 Å². The van der Waals surface area contributed by atoms with Crippen LogP contribution in [0.3, 0.4) is 0 Å². The monoisotopic (exact) mass is 369 g/mol. The first-order valence-electron chi connectivity index (χ1n) is 7.74. The highest BCUT2D eigenvalue weighted by atomic mass is 35.5. The van der Waals surface area contributed by atoms with E-state index in [4.69, 9.17) is 20.8 Å². The quantitative estimate of drug-likeness (QED) is 0.502. The fourth-order valence-corrected chi connectivity index (χ4v) is 2.49. The lowest BCUT2D eigenvalue weighted by Gasteiger charge is -2.04. The number of carbonyl (C=O) groups is 1. The lowest BCUT2D eigenvalue weighted by Crippen LogP contribution is -2.24. The molecule has 7 heteroatoms. The molecule has 1 heterocycles. The Balaban J connectivity index is 1.60. The van der Waals surface area contributed by atoms with Crippen molar-refractivity contribution in [1.82, 2.24) is 5.43 Å². The zero-order valence-electron chi connectivity index (χ0n) is 13.9. The van der Waals surface area contributed by atoms with Gasteiger partial charge in [-0.25, -0.2) is 10.2 Å². The highest BCUT2D eigenvalue weighted by Crippen LogP contribution is 2.30. The molecule has 0 aliphatic heterocycles. The van der Waals surface area contributed by atoms with Gasteiger partial charge in [-0.2, -0.15) is 5.10 Å². The van der Waals surface area contributed by atoms with Crippen LogP contribution < -0.4 is 15.5 Å². The molecule has 2 N–H and O–H groups in total. The van der Waals surface area contributed by atoms with E-state index in [0.29, 0.717) is 28.0 Å². The second kappa shape index (κ2) is 8.22. The molecule has 26 heavy (non-hydrogen) atoms. The van der Waals surface area contributed by atoms with Gasteiger partial charge in [0.05, 0.1) is 18.3 Å². The summed E-state index contributed by atoms with van der Waals surface area (Å²) in [4.78, 5) is 11.7. The van der Waals surface area contributed by atoms with Crippen molar-refractivity contribution in [2.45, 2.75) is 0 Å². The van der Waals surface area contributed by atoms with Gasteiger partial charge >= 0.3 is 6.03 Å². The molecule has 132 valence electrons. The summed E-state index contributed by atoms with van der Waals surface area (Å²) in [5.41, 5.74) is 3.86. The van der Waals surface area contributed by atoms with Crippen LogP contribution in [0.2, 0.25) is 5.02 Å². The maximum atomic E-state index is 11.7. The van der Waals surface area contributed by atoms with Crippen LogP contribution in [0.4, 0.5) is 10.5 Å². The maximum absolute atomic E-state index is 11.7. The number of para-hydroxylation sites is 1. The molecule has 0 unspecified atom stereocenters. The molecule has 2 aromatic carbocycles. The van der Waals surface area contributed by atoms with Gasteiger partial charge in [0.15, 0.2) is 0 Å². The Labute approximate surface area is 155 Å². The number of hydrazone groups is 1. The highest BCUT2D eigenvalue weighted by Gasteiger charge is 2.07. The predicted molar refractivity (Wildman–Crippen MR) is 102 cm³/mol. The van der Waals surface area contributed by atoms with Crippen molar-refractivity contribution in [1.29, 1.82) is 0 Å². The molecule has 0 atom stereocenters. The first-order chi connectivity index (χ1) is 12.7. The van der Waals surface area contributed by atoms with Gasteiger partial charge in [-0.3, -0.25) is 0 Å². The fourth-order valence-electron chi connectivity index (χ4n) is 2.23. The lowest BCUT2D eigenvalue weighted by molar-refractivity contribution is 0.252. The van der Waals surface area contributed by atoms with Crippen LogP contribution in [0, 0.1) is 0 Å². The molecule has 3 rings (SSSR count). The number of carbonyl (C=O) groups excluding carboxylic acids is 1. The van der Waals surface area contributed by atoms with Gasteiger partial charge in [0.25, 0.3) is 0 Å². The summed E-state index contributed by atoms with van der Waals surface area (Å²) in [5.74, 6) is 1.72. The van der Waals surface area contributed by atoms with Gasteiger partial charge in [0.2, 0.25) is 0 Å². The number of hydrogen-bond acceptors (Lipinski definition) is 4. The molecule has 0 fully saturated rings. The lowest BCUT2D eigenvalue weighted by atomic mass is 10.2. The number of ether oxygens (including phenoxy) is 1. The molecule has 0 aliphatic carbocycles. The van der Waals surface area contributed by atoms with Gasteiger partial charge in [-0.15, -0.1) is 0 Å². The molecular weight excluding hydrogens is 354 g/mol.